The van der Waals surface area contributed by atoms with Crippen LogP contribution in [0.5, 0.6) is 0 Å². The summed E-state index contributed by atoms with van der Waals surface area (Å²) in [5, 5.41) is 0.610. The molecule has 0 saturated carbocycles. The molecule has 0 aliphatic carbocycles. The molecule has 0 aliphatic rings. The first kappa shape index (κ1) is 16.4. The van der Waals surface area contributed by atoms with E-state index < -0.39 is 8.07 Å². The van der Waals surface area contributed by atoms with Gasteiger partial charge in [0.2, 0.25) is 0 Å². The normalized spacial score (nSPS) is 11.5. The fourth-order valence-electron chi connectivity index (χ4n) is 2.16. The van der Waals surface area contributed by atoms with Crippen molar-refractivity contribution < 1.29 is 9.18 Å². The molecule has 19 heavy (non-hydrogen) atoms. The highest BCUT2D eigenvalue weighted by Gasteiger charge is 2.30. The minimum atomic E-state index is -1.94. The molecule has 0 bridgehead atoms. The van der Waals surface area contributed by atoms with Crippen LogP contribution in [0.2, 0.25) is 19.6 Å². The Morgan fingerprint density at radius 1 is 1.26 bits per heavy atom. The van der Waals surface area contributed by atoms with Gasteiger partial charge in [-0.05, 0) is 47.1 Å². The third-order valence-corrected chi connectivity index (χ3v) is 5.77. The van der Waals surface area contributed by atoms with E-state index in [1.165, 1.54) is 6.07 Å². The Bertz CT molecular complexity index is 481. The van der Waals surface area contributed by atoms with Crippen molar-refractivity contribution >= 4 is 35.1 Å². The molecule has 0 atom stereocenters. The Hall–Kier alpha value is -0.683. The molecule has 0 aliphatic heterocycles. The molecule has 1 aromatic rings. The highest BCUT2D eigenvalue weighted by Crippen LogP contribution is 2.21. The van der Waals surface area contributed by atoms with Crippen molar-refractivity contribution in [1.82, 2.24) is 4.90 Å². The minimum absolute atomic E-state index is 0.0891. The summed E-state index contributed by atoms with van der Waals surface area (Å²) >= 11 is 3.41. The second kappa shape index (κ2) is 6.18. The number of hydrogen-bond acceptors (Lipinski definition) is 1. The summed E-state index contributed by atoms with van der Waals surface area (Å²) < 4.78 is 14.9. The van der Waals surface area contributed by atoms with Gasteiger partial charge in [0.05, 0.1) is 13.6 Å². The molecule has 0 saturated heterocycles. The first-order chi connectivity index (χ1) is 8.73. The summed E-state index contributed by atoms with van der Waals surface area (Å²) in [5.41, 5.74) is 0.503. The number of amides is 1. The average Bonchev–Trinajstić information content (AvgIpc) is 2.31. The second-order valence-electron chi connectivity index (χ2n) is 5.51. The number of hydrogen-bond donors (Lipinski definition) is 0. The molecule has 0 aromatic heterocycles. The average molecular weight is 346 g/mol. The molecule has 2 nitrogen and oxygen atoms in total. The van der Waals surface area contributed by atoms with Crippen LogP contribution in [0, 0.1) is 5.82 Å². The van der Waals surface area contributed by atoms with Crippen LogP contribution in [0.3, 0.4) is 0 Å². The van der Waals surface area contributed by atoms with Crippen LogP contribution in [-0.2, 0) is 0 Å². The minimum Gasteiger partial charge on any atom is -0.339 e. The van der Waals surface area contributed by atoms with Crippen molar-refractivity contribution in [3.63, 3.8) is 0 Å². The maximum atomic E-state index is 14.2. The van der Waals surface area contributed by atoms with Crippen molar-refractivity contribution in [2.75, 3.05) is 13.1 Å². The number of carbonyl (C=O) groups is 1. The molecule has 0 unspecified atom stereocenters. The van der Waals surface area contributed by atoms with Gasteiger partial charge in [-0.3, -0.25) is 4.79 Å². The van der Waals surface area contributed by atoms with E-state index in [1.807, 2.05) is 13.8 Å². The SMILES string of the molecule is CCN(CC)C(=O)c1c(Br)ccc(F)c1[Si](C)(C)C. The number of benzene rings is 1. The van der Waals surface area contributed by atoms with Crippen molar-refractivity contribution in [3.8, 4) is 0 Å². The third-order valence-electron chi connectivity index (χ3n) is 3.12. The highest BCUT2D eigenvalue weighted by molar-refractivity contribution is 9.10. The maximum absolute atomic E-state index is 14.2. The van der Waals surface area contributed by atoms with Gasteiger partial charge in [-0.1, -0.05) is 19.6 Å². The van der Waals surface area contributed by atoms with Gasteiger partial charge in [-0.2, -0.15) is 0 Å². The molecule has 0 spiro atoms. The number of rotatable bonds is 4. The van der Waals surface area contributed by atoms with Crippen molar-refractivity contribution in [2.24, 2.45) is 0 Å². The monoisotopic (exact) mass is 345 g/mol. The highest BCUT2D eigenvalue weighted by atomic mass is 79.9. The van der Waals surface area contributed by atoms with E-state index in [4.69, 9.17) is 0 Å². The number of nitrogens with zero attached hydrogens (tertiary/aromatic N) is 1. The van der Waals surface area contributed by atoms with Gasteiger partial charge in [0.25, 0.3) is 5.91 Å². The standard InChI is InChI=1S/C14H21BrFNOSi/c1-6-17(7-2)14(18)12-10(15)8-9-11(16)13(12)19(3,4)5/h8-9H,6-7H2,1-5H3. The lowest BCUT2D eigenvalue weighted by molar-refractivity contribution is 0.0773. The molecule has 0 fully saturated rings. The van der Waals surface area contributed by atoms with E-state index in [2.05, 4.69) is 35.6 Å². The Labute approximate surface area is 124 Å². The number of carbonyl (C=O) groups excluding carboxylic acids is 1. The van der Waals surface area contributed by atoms with Crippen LogP contribution >= 0.6 is 15.9 Å². The zero-order valence-corrected chi connectivity index (χ0v) is 14.8. The van der Waals surface area contributed by atoms with Gasteiger partial charge in [0.1, 0.15) is 5.82 Å². The quantitative estimate of drug-likeness (QED) is 0.763. The lowest BCUT2D eigenvalue weighted by Gasteiger charge is -2.26. The fourth-order valence-corrected chi connectivity index (χ4v) is 4.64. The molecule has 0 heterocycles. The van der Waals surface area contributed by atoms with E-state index in [-0.39, 0.29) is 11.7 Å². The summed E-state index contributed by atoms with van der Waals surface area (Å²) in [5.74, 6) is -0.355. The lowest BCUT2D eigenvalue weighted by atomic mass is 10.2. The summed E-state index contributed by atoms with van der Waals surface area (Å²) in [4.78, 5) is 14.3. The Balaban J connectivity index is 3.50. The van der Waals surface area contributed by atoms with Gasteiger partial charge in [0, 0.05) is 17.6 Å². The summed E-state index contributed by atoms with van der Waals surface area (Å²) in [7, 11) is -1.94. The van der Waals surface area contributed by atoms with Gasteiger partial charge in [-0.15, -0.1) is 0 Å². The van der Waals surface area contributed by atoms with E-state index in [0.29, 0.717) is 28.3 Å². The van der Waals surface area contributed by atoms with Gasteiger partial charge in [0.15, 0.2) is 0 Å². The van der Waals surface area contributed by atoms with Crippen molar-refractivity contribution in [1.29, 1.82) is 0 Å². The summed E-state index contributed by atoms with van der Waals surface area (Å²) in [6, 6.07) is 3.06. The van der Waals surface area contributed by atoms with Crippen LogP contribution in [0.15, 0.2) is 16.6 Å². The van der Waals surface area contributed by atoms with Gasteiger partial charge in [-0.25, -0.2) is 4.39 Å². The molecular weight excluding hydrogens is 325 g/mol. The Kier molecular flexibility index (Phi) is 5.32. The van der Waals surface area contributed by atoms with E-state index >= 15 is 0 Å². The van der Waals surface area contributed by atoms with Crippen LogP contribution in [0.4, 0.5) is 4.39 Å². The molecule has 1 amide bonds. The Morgan fingerprint density at radius 2 is 1.79 bits per heavy atom. The van der Waals surface area contributed by atoms with Crippen LogP contribution < -0.4 is 5.19 Å². The van der Waals surface area contributed by atoms with Gasteiger partial charge >= 0.3 is 0 Å². The van der Waals surface area contributed by atoms with E-state index in [0.717, 1.165) is 0 Å². The van der Waals surface area contributed by atoms with Crippen LogP contribution in [0.25, 0.3) is 0 Å². The molecule has 1 rings (SSSR count). The predicted molar refractivity (Wildman–Crippen MR) is 84.3 cm³/mol. The smallest absolute Gasteiger partial charge is 0.254 e. The van der Waals surface area contributed by atoms with Crippen LogP contribution in [0.1, 0.15) is 24.2 Å². The molecule has 0 radical (unpaired) electrons. The summed E-state index contributed by atoms with van der Waals surface area (Å²) in [6.07, 6.45) is 0. The zero-order chi connectivity index (χ0) is 14.8. The fraction of sp³-hybridized carbons (Fsp3) is 0.500. The van der Waals surface area contributed by atoms with E-state index in [1.54, 1.807) is 11.0 Å². The topological polar surface area (TPSA) is 20.3 Å². The van der Waals surface area contributed by atoms with Crippen molar-refractivity contribution in [3.05, 3.63) is 28.0 Å². The van der Waals surface area contributed by atoms with Crippen LogP contribution in [-0.4, -0.2) is 32.0 Å². The predicted octanol–water partition coefficient (Wildman–Crippen LogP) is 3.62. The molecule has 5 heteroatoms. The first-order valence-electron chi connectivity index (χ1n) is 6.51. The first-order valence-corrected chi connectivity index (χ1v) is 10.8. The molecule has 0 N–H and O–H groups in total. The maximum Gasteiger partial charge on any atom is 0.254 e. The Morgan fingerprint density at radius 3 is 2.21 bits per heavy atom. The van der Waals surface area contributed by atoms with Crippen molar-refractivity contribution in [2.45, 2.75) is 33.5 Å². The largest absolute Gasteiger partial charge is 0.339 e. The summed E-state index contributed by atoms with van der Waals surface area (Å²) in [6.45, 7) is 11.3. The van der Waals surface area contributed by atoms with E-state index in [9.17, 15) is 9.18 Å². The second-order valence-corrected chi connectivity index (χ2v) is 11.4. The molecule has 1 aromatic carbocycles. The van der Waals surface area contributed by atoms with Gasteiger partial charge < -0.3 is 4.90 Å². The lowest BCUT2D eigenvalue weighted by Crippen LogP contribution is -2.46. The number of halogens is 2. The third kappa shape index (κ3) is 3.45. The molecular formula is C14H21BrFNOSi. The zero-order valence-electron chi connectivity index (χ0n) is 12.2. The molecule has 106 valence electrons.